The first-order valence-corrected chi connectivity index (χ1v) is 6.99. The maximum absolute atomic E-state index is 12.4. The van der Waals surface area contributed by atoms with E-state index in [-0.39, 0.29) is 17.9 Å². The molecule has 1 heterocycles. The Morgan fingerprint density at radius 2 is 2.14 bits per heavy atom. The molecule has 2 amide bonds. The van der Waals surface area contributed by atoms with E-state index in [2.05, 4.69) is 11.9 Å². The summed E-state index contributed by atoms with van der Waals surface area (Å²) in [6.07, 6.45) is 1.23. The molecule has 0 aromatic heterocycles. The predicted molar refractivity (Wildman–Crippen MR) is 79.8 cm³/mol. The van der Waals surface area contributed by atoms with Crippen LogP contribution in [0.2, 0.25) is 0 Å². The molecular weight excluding hydrogens is 268 g/mol. The molecule has 112 valence electrons. The molecule has 1 aliphatic heterocycles. The van der Waals surface area contributed by atoms with Crippen LogP contribution in [0.4, 0.5) is 0 Å². The molecule has 2 rings (SSSR count). The second-order valence-electron chi connectivity index (χ2n) is 5.04. The van der Waals surface area contributed by atoms with E-state index in [1.807, 2.05) is 24.0 Å². The smallest absolute Gasteiger partial charge is 0.254 e. The molecule has 1 aromatic rings. The summed E-state index contributed by atoms with van der Waals surface area (Å²) in [5.41, 5.74) is 1.60. The van der Waals surface area contributed by atoms with Gasteiger partial charge in [0.15, 0.2) is 0 Å². The Morgan fingerprint density at radius 3 is 2.76 bits per heavy atom. The molecule has 0 bridgehead atoms. The van der Waals surface area contributed by atoms with E-state index >= 15 is 0 Å². The molecule has 0 unspecified atom stereocenters. The largest absolute Gasteiger partial charge is 0.377 e. The third kappa shape index (κ3) is 3.92. The first kappa shape index (κ1) is 15.3. The molecule has 1 aromatic carbocycles. The van der Waals surface area contributed by atoms with Crippen molar-refractivity contribution < 1.29 is 14.3 Å². The lowest BCUT2D eigenvalue weighted by atomic mass is 10.1. The fourth-order valence-electron chi connectivity index (χ4n) is 2.22. The van der Waals surface area contributed by atoms with Crippen LogP contribution in [0, 0.1) is 0 Å². The zero-order chi connectivity index (χ0) is 15.2. The highest BCUT2D eigenvalue weighted by Crippen LogP contribution is 2.13. The molecule has 0 spiro atoms. The SMILES string of the molecule is C=CC(=O)NCc1ccc(C(=O)N2CCOC[C@H]2C)cc1. The van der Waals surface area contributed by atoms with Gasteiger partial charge in [-0.05, 0) is 30.7 Å². The second kappa shape index (κ2) is 7.04. The summed E-state index contributed by atoms with van der Waals surface area (Å²) >= 11 is 0. The lowest BCUT2D eigenvalue weighted by Gasteiger charge is -2.33. The van der Waals surface area contributed by atoms with Crippen LogP contribution in [-0.2, 0) is 16.1 Å². The van der Waals surface area contributed by atoms with Crippen LogP contribution >= 0.6 is 0 Å². The van der Waals surface area contributed by atoms with Crippen LogP contribution in [-0.4, -0.2) is 42.5 Å². The number of nitrogens with zero attached hydrogens (tertiary/aromatic N) is 1. The number of ether oxygens (including phenoxy) is 1. The van der Waals surface area contributed by atoms with Gasteiger partial charge < -0.3 is 15.0 Å². The first-order chi connectivity index (χ1) is 10.1. The lowest BCUT2D eigenvalue weighted by molar-refractivity contribution is -0.116. The predicted octanol–water partition coefficient (Wildman–Crippen LogP) is 1.35. The number of hydrogen-bond acceptors (Lipinski definition) is 3. The van der Waals surface area contributed by atoms with Crippen LogP contribution < -0.4 is 5.32 Å². The Kier molecular flexibility index (Phi) is 5.11. The van der Waals surface area contributed by atoms with Crippen molar-refractivity contribution in [1.29, 1.82) is 0 Å². The van der Waals surface area contributed by atoms with Gasteiger partial charge in [0.1, 0.15) is 0 Å². The summed E-state index contributed by atoms with van der Waals surface area (Å²) in [4.78, 5) is 25.4. The van der Waals surface area contributed by atoms with Crippen molar-refractivity contribution in [3.8, 4) is 0 Å². The molecule has 0 saturated carbocycles. The molecule has 0 radical (unpaired) electrons. The summed E-state index contributed by atoms with van der Waals surface area (Å²) in [7, 11) is 0. The number of morpholine rings is 1. The van der Waals surface area contributed by atoms with Gasteiger partial charge in [0.05, 0.1) is 19.3 Å². The van der Waals surface area contributed by atoms with Crippen molar-refractivity contribution in [3.63, 3.8) is 0 Å². The zero-order valence-electron chi connectivity index (χ0n) is 12.2. The number of benzene rings is 1. The highest BCUT2D eigenvalue weighted by molar-refractivity contribution is 5.94. The quantitative estimate of drug-likeness (QED) is 0.851. The minimum atomic E-state index is -0.211. The van der Waals surface area contributed by atoms with Gasteiger partial charge in [0.25, 0.3) is 5.91 Å². The molecule has 1 saturated heterocycles. The molecule has 1 fully saturated rings. The van der Waals surface area contributed by atoms with Gasteiger partial charge in [0.2, 0.25) is 5.91 Å². The minimum Gasteiger partial charge on any atom is -0.377 e. The highest BCUT2D eigenvalue weighted by Gasteiger charge is 2.24. The minimum absolute atomic E-state index is 0.0208. The van der Waals surface area contributed by atoms with Crippen molar-refractivity contribution in [3.05, 3.63) is 48.0 Å². The lowest BCUT2D eigenvalue weighted by Crippen LogP contribution is -2.47. The Labute approximate surface area is 124 Å². The number of nitrogens with one attached hydrogen (secondary N) is 1. The van der Waals surface area contributed by atoms with Crippen molar-refractivity contribution in [1.82, 2.24) is 10.2 Å². The maximum Gasteiger partial charge on any atom is 0.254 e. The normalized spacial score (nSPS) is 18.1. The van der Waals surface area contributed by atoms with Crippen molar-refractivity contribution >= 4 is 11.8 Å². The number of rotatable bonds is 4. The van der Waals surface area contributed by atoms with E-state index in [4.69, 9.17) is 4.74 Å². The molecule has 5 heteroatoms. The number of amides is 2. The molecule has 1 atom stereocenters. The summed E-state index contributed by atoms with van der Waals surface area (Å²) in [6.45, 7) is 7.59. The van der Waals surface area contributed by atoms with Gasteiger partial charge in [-0.1, -0.05) is 18.7 Å². The highest BCUT2D eigenvalue weighted by atomic mass is 16.5. The van der Waals surface area contributed by atoms with Crippen molar-refractivity contribution in [2.24, 2.45) is 0 Å². The molecule has 1 aliphatic rings. The third-order valence-corrected chi connectivity index (χ3v) is 3.48. The molecule has 0 aliphatic carbocycles. The standard InChI is InChI=1S/C16H20N2O3/c1-3-15(19)17-10-13-4-6-14(7-5-13)16(20)18-8-9-21-11-12(18)2/h3-7,12H,1,8-11H2,2H3,(H,17,19)/t12-/m1/s1. The molecule has 21 heavy (non-hydrogen) atoms. The molecular formula is C16H20N2O3. The van der Waals surface area contributed by atoms with Gasteiger partial charge in [-0.2, -0.15) is 0 Å². The van der Waals surface area contributed by atoms with Gasteiger partial charge in [-0.3, -0.25) is 9.59 Å². The summed E-state index contributed by atoms with van der Waals surface area (Å²) in [5, 5.41) is 2.70. The number of carbonyl (C=O) groups excluding carboxylic acids is 2. The van der Waals surface area contributed by atoms with Gasteiger partial charge >= 0.3 is 0 Å². The van der Waals surface area contributed by atoms with Crippen molar-refractivity contribution in [2.75, 3.05) is 19.8 Å². The van der Waals surface area contributed by atoms with E-state index in [1.165, 1.54) is 6.08 Å². The van der Waals surface area contributed by atoms with Crippen LogP contribution in [0.1, 0.15) is 22.8 Å². The molecule has 1 N–H and O–H groups in total. The fourth-order valence-corrected chi connectivity index (χ4v) is 2.22. The summed E-state index contributed by atoms with van der Waals surface area (Å²) < 4.78 is 5.34. The van der Waals surface area contributed by atoms with Crippen molar-refractivity contribution in [2.45, 2.75) is 19.5 Å². The van der Waals surface area contributed by atoms with Gasteiger partial charge in [0, 0.05) is 18.7 Å². The van der Waals surface area contributed by atoms with Gasteiger partial charge in [-0.15, -0.1) is 0 Å². The Hall–Kier alpha value is -2.14. The average Bonchev–Trinajstić information content (AvgIpc) is 2.53. The Morgan fingerprint density at radius 1 is 1.43 bits per heavy atom. The second-order valence-corrected chi connectivity index (χ2v) is 5.04. The van der Waals surface area contributed by atoms with Gasteiger partial charge in [-0.25, -0.2) is 0 Å². The van der Waals surface area contributed by atoms with E-state index in [1.54, 1.807) is 12.1 Å². The topological polar surface area (TPSA) is 58.6 Å². The monoisotopic (exact) mass is 288 g/mol. The zero-order valence-corrected chi connectivity index (χ0v) is 12.2. The Bertz CT molecular complexity index is 525. The number of hydrogen-bond donors (Lipinski definition) is 1. The van der Waals surface area contributed by atoms with E-state index in [9.17, 15) is 9.59 Å². The third-order valence-electron chi connectivity index (χ3n) is 3.48. The first-order valence-electron chi connectivity index (χ1n) is 6.99. The number of carbonyl (C=O) groups is 2. The summed E-state index contributed by atoms with van der Waals surface area (Å²) in [5.74, 6) is -0.190. The average molecular weight is 288 g/mol. The molecule has 5 nitrogen and oxygen atoms in total. The van der Waals surface area contributed by atoms with Crippen LogP contribution in [0.5, 0.6) is 0 Å². The van der Waals surface area contributed by atoms with E-state index < -0.39 is 0 Å². The fraction of sp³-hybridized carbons (Fsp3) is 0.375. The van der Waals surface area contributed by atoms with Crippen LogP contribution in [0.3, 0.4) is 0 Å². The van der Waals surface area contributed by atoms with E-state index in [0.29, 0.717) is 31.9 Å². The Balaban J connectivity index is 1.99. The van der Waals surface area contributed by atoms with Crippen LogP contribution in [0.15, 0.2) is 36.9 Å². The van der Waals surface area contributed by atoms with Crippen LogP contribution in [0.25, 0.3) is 0 Å². The summed E-state index contributed by atoms with van der Waals surface area (Å²) in [6, 6.07) is 7.38. The maximum atomic E-state index is 12.4. The van der Waals surface area contributed by atoms with E-state index in [0.717, 1.165) is 5.56 Å².